The fraction of sp³-hybridized carbons (Fsp3) is 0.286. The van der Waals surface area contributed by atoms with Crippen molar-refractivity contribution in [1.82, 2.24) is 28.9 Å². The monoisotopic (exact) mass is 639 g/mol. The minimum Gasteiger partial charge on any atom is -0.506 e. The van der Waals surface area contributed by atoms with Crippen LogP contribution in [0, 0.1) is 0 Å². The number of primary amides is 1. The predicted molar refractivity (Wildman–Crippen MR) is 164 cm³/mol. The van der Waals surface area contributed by atoms with Crippen molar-refractivity contribution >= 4 is 63.6 Å². The Hall–Kier alpha value is -4.82. The van der Waals surface area contributed by atoms with Crippen LogP contribution in [-0.4, -0.2) is 91.1 Å². The SMILES string of the molecule is CN1CC2CN(c3cc(NC(=O)Cn4cc(-c5cc(Cl)c(O)c(C(N)=O)c5)c5c(=O)n(C)cnc54)c(Cl)cn3)CCN2C1=O. The first-order chi connectivity index (χ1) is 20.9. The van der Waals surface area contributed by atoms with Gasteiger partial charge in [-0.1, -0.05) is 23.2 Å². The van der Waals surface area contributed by atoms with Crippen LogP contribution in [0.25, 0.3) is 22.2 Å². The fourth-order valence-corrected chi connectivity index (χ4v) is 6.04. The number of nitrogens with zero attached hydrogens (tertiary/aromatic N) is 7. The number of hydrogen-bond donors (Lipinski definition) is 3. The molecule has 0 spiro atoms. The summed E-state index contributed by atoms with van der Waals surface area (Å²) in [6.45, 7) is 2.11. The molecule has 0 radical (unpaired) electrons. The second-order valence-electron chi connectivity index (χ2n) is 10.8. The van der Waals surface area contributed by atoms with Crippen LogP contribution >= 0.6 is 23.2 Å². The normalized spacial score (nSPS) is 16.5. The largest absolute Gasteiger partial charge is 0.506 e. The number of benzene rings is 1. The zero-order valence-electron chi connectivity index (χ0n) is 23.6. The highest BCUT2D eigenvalue weighted by Gasteiger charge is 2.39. The summed E-state index contributed by atoms with van der Waals surface area (Å²) in [4.78, 5) is 65.2. The van der Waals surface area contributed by atoms with E-state index in [1.165, 1.54) is 40.8 Å². The summed E-state index contributed by atoms with van der Waals surface area (Å²) < 4.78 is 2.78. The third-order valence-corrected chi connectivity index (χ3v) is 8.46. The van der Waals surface area contributed by atoms with E-state index in [1.54, 1.807) is 24.2 Å². The number of aryl methyl sites for hydroxylation is 1. The van der Waals surface area contributed by atoms with Crippen LogP contribution < -0.4 is 21.5 Å². The lowest BCUT2D eigenvalue weighted by Crippen LogP contribution is -2.52. The maximum absolute atomic E-state index is 13.3. The molecule has 14 nitrogen and oxygen atoms in total. The van der Waals surface area contributed by atoms with Crippen molar-refractivity contribution in [3.05, 3.63) is 62.9 Å². The number of anilines is 2. The van der Waals surface area contributed by atoms with Crippen LogP contribution in [0.4, 0.5) is 16.3 Å². The van der Waals surface area contributed by atoms with E-state index in [0.29, 0.717) is 48.8 Å². The molecule has 6 rings (SSSR count). The first-order valence-corrected chi connectivity index (χ1v) is 14.3. The second kappa shape index (κ2) is 11.0. The van der Waals surface area contributed by atoms with Gasteiger partial charge in [0.05, 0.1) is 45.2 Å². The van der Waals surface area contributed by atoms with Gasteiger partial charge in [-0.15, -0.1) is 0 Å². The van der Waals surface area contributed by atoms with Gasteiger partial charge < -0.3 is 40.0 Å². The molecule has 4 aromatic rings. The van der Waals surface area contributed by atoms with Gasteiger partial charge in [0.2, 0.25) is 5.91 Å². The Morgan fingerprint density at radius 1 is 1.09 bits per heavy atom. The number of hydrogen-bond acceptors (Lipinski definition) is 8. The zero-order chi connectivity index (χ0) is 31.4. The number of phenols is 1. The quantitative estimate of drug-likeness (QED) is 0.288. The number of urea groups is 1. The lowest BCUT2D eigenvalue weighted by Gasteiger charge is -2.37. The number of rotatable bonds is 6. The number of aromatic hydroxyl groups is 1. The van der Waals surface area contributed by atoms with Gasteiger partial charge in [0.15, 0.2) is 0 Å². The summed E-state index contributed by atoms with van der Waals surface area (Å²) >= 11 is 12.6. The van der Waals surface area contributed by atoms with E-state index in [1.807, 2.05) is 9.80 Å². The van der Waals surface area contributed by atoms with E-state index in [0.717, 1.165) is 0 Å². The van der Waals surface area contributed by atoms with Crippen molar-refractivity contribution in [2.75, 3.05) is 43.4 Å². The number of likely N-dealkylation sites (N-methyl/N-ethyl adjacent to an activating group) is 1. The Morgan fingerprint density at radius 2 is 1.86 bits per heavy atom. The minimum atomic E-state index is -0.903. The lowest BCUT2D eigenvalue weighted by atomic mass is 10.0. The lowest BCUT2D eigenvalue weighted by molar-refractivity contribution is -0.116. The Kier molecular flexibility index (Phi) is 7.33. The number of nitrogens with two attached hydrogens (primary N) is 1. The molecular formula is C28H27Cl2N9O5. The molecule has 5 heterocycles. The van der Waals surface area contributed by atoms with Crippen LogP contribution in [0.5, 0.6) is 5.75 Å². The highest BCUT2D eigenvalue weighted by molar-refractivity contribution is 6.34. The molecule has 0 bridgehead atoms. The van der Waals surface area contributed by atoms with Crippen molar-refractivity contribution in [2.24, 2.45) is 12.8 Å². The molecule has 1 unspecified atom stereocenters. The highest BCUT2D eigenvalue weighted by atomic mass is 35.5. The zero-order valence-corrected chi connectivity index (χ0v) is 25.1. The van der Waals surface area contributed by atoms with Crippen molar-refractivity contribution in [2.45, 2.75) is 12.6 Å². The molecule has 1 atom stereocenters. The van der Waals surface area contributed by atoms with Crippen molar-refractivity contribution in [3.8, 4) is 16.9 Å². The van der Waals surface area contributed by atoms with Crippen LogP contribution in [-0.2, 0) is 18.4 Å². The maximum Gasteiger partial charge on any atom is 0.320 e. The second-order valence-corrected chi connectivity index (χ2v) is 11.6. The number of fused-ring (bicyclic) bond motifs is 2. The van der Waals surface area contributed by atoms with Crippen LogP contribution in [0.15, 0.2) is 41.7 Å². The van der Waals surface area contributed by atoms with Gasteiger partial charge in [-0.25, -0.2) is 14.8 Å². The number of piperazine rings is 1. The van der Waals surface area contributed by atoms with E-state index in [4.69, 9.17) is 28.9 Å². The third-order valence-electron chi connectivity index (χ3n) is 7.87. The van der Waals surface area contributed by atoms with Crippen LogP contribution in [0.1, 0.15) is 10.4 Å². The van der Waals surface area contributed by atoms with Crippen LogP contribution in [0.3, 0.4) is 0 Å². The number of nitrogens with one attached hydrogen (secondary N) is 1. The van der Waals surface area contributed by atoms with E-state index < -0.39 is 23.1 Å². The van der Waals surface area contributed by atoms with Gasteiger partial charge in [-0.2, -0.15) is 0 Å². The molecule has 4 amide bonds. The molecule has 1 aromatic carbocycles. The van der Waals surface area contributed by atoms with Gasteiger partial charge in [0, 0.05) is 58.1 Å². The van der Waals surface area contributed by atoms with Crippen molar-refractivity contribution < 1.29 is 19.5 Å². The van der Waals surface area contributed by atoms with E-state index in [9.17, 15) is 24.3 Å². The minimum absolute atomic E-state index is 0.0153. The summed E-state index contributed by atoms with van der Waals surface area (Å²) in [5, 5.41) is 13.3. The number of carbonyl (C=O) groups is 3. The summed E-state index contributed by atoms with van der Waals surface area (Å²) in [5.74, 6) is -1.22. The predicted octanol–water partition coefficient (Wildman–Crippen LogP) is 2.10. The molecule has 228 valence electrons. The number of carbonyl (C=O) groups excluding carboxylic acids is 3. The summed E-state index contributed by atoms with van der Waals surface area (Å²) in [6.07, 6.45) is 4.35. The topological polar surface area (TPSA) is 172 Å². The van der Waals surface area contributed by atoms with Gasteiger partial charge >= 0.3 is 6.03 Å². The Morgan fingerprint density at radius 3 is 2.61 bits per heavy atom. The van der Waals surface area contributed by atoms with E-state index in [2.05, 4.69) is 15.3 Å². The van der Waals surface area contributed by atoms with Gasteiger partial charge in [0.1, 0.15) is 23.8 Å². The molecule has 0 aliphatic carbocycles. The van der Waals surface area contributed by atoms with E-state index in [-0.39, 0.29) is 45.3 Å². The fourth-order valence-electron chi connectivity index (χ4n) is 5.67. The number of aromatic nitrogens is 4. The Bertz CT molecular complexity index is 1920. The van der Waals surface area contributed by atoms with Gasteiger partial charge in [-0.05, 0) is 17.7 Å². The molecule has 2 fully saturated rings. The first kappa shape index (κ1) is 29.3. The van der Waals surface area contributed by atoms with E-state index >= 15 is 0 Å². The summed E-state index contributed by atoms with van der Waals surface area (Å²) in [7, 11) is 3.31. The molecule has 2 aliphatic rings. The summed E-state index contributed by atoms with van der Waals surface area (Å²) in [6, 6.07) is 4.46. The Labute approximate surface area is 260 Å². The number of amides is 4. The standard InChI is InChI=1S/C28H27Cl2N9O5/c1-35-9-15-10-37(3-4-39(15)28(35)44)21-7-20(19(30)8-32-21)34-22(40)12-38-11-17(23-26(38)33-13-36(2)27(23)43)14-5-16(25(31)42)24(41)18(29)6-14/h5-8,11,13,15,41H,3-4,9-10,12H2,1-2H3,(H2,31,42)(H,32,34,40). The van der Waals surface area contributed by atoms with Gasteiger partial charge in [0.25, 0.3) is 11.5 Å². The molecule has 0 saturated carbocycles. The molecule has 16 heteroatoms. The third kappa shape index (κ3) is 5.05. The average molecular weight is 640 g/mol. The Balaban J connectivity index is 1.29. The van der Waals surface area contributed by atoms with Crippen LogP contribution in [0.2, 0.25) is 10.0 Å². The average Bonchev–Trinajstić information content (AvgIpc) is 3.49. The van der Waals surface area contributed by atoms with Crippen molar-refractivity contribution in [3.63, 3.8) is 0 Å². The molecular weight excluding hydrogens is 613 g/mol. The summed E-state index contributed by atoms with van der Waals surface area (Å²) in [5.41, 5.74) is 6.03. The van der Waals surface area contributed by atoms with Crippen molar-refractivity contribution in [1.29, 1.82) is 0 Å². The molecule has 2 aliphatic heterocycles. The molecule has 2 saturated heterocycles. The molecule has 3 aromatic heterocycles. The smallest absolute Gasteiger partial charge is 0.320 e. The number of halogens is 2. The van der Waals surface area contributed by atoms with Gasteiger partial charge in [-0.3, -0.25) is 14.4 Å². The molecule has 44 heavy (non-hydrogen) atoms. The first-order valence-electron chi connectivity index (χ1n) is 13.5. The molecule has 4 N–H and O–H groups in total. The highest BCUT2D eigenvalue weighted by Crippen LogP contribution is 2.36. The maximum atomic E-state index is 13.3. The number of pyridine rings is 1.